The van der Waals surface area contributed by atoms with Gasteiger partial charge in [0, 0.05) is 13.2 Å². The molecule has 7 heteroatoms. The minimum absolute atomic E-state index is 0.309. The number of carbonyl (C=O) groups excluding carboxylic acids is 1. The Bertz CT molecular complexity index is 255. The van der Waals surface area contributed by atoms with Gasteiger partial charge < -0.3 is 20.9 Å². The summed E-state index contributed by atoms with van der Waals surface area (Å²) in [6.07, 6.45) is 0.618. The number of aliphatic hydroxyl groups is 1. The third kappa shape index (κ3) is 3.36. The molecule has 1 rings (SSSR count). The molecule has 16 heavy (non-hydrogen) atoms. The van der Waals surface area contributed by atoms with Crippen molar-refractivity contribution in [3.05, 3.63) is 0 Å². The largest absolute Gasteiger partial charge is 0.390 e. The Hall–Kier alpha value is -0.790. The molecule has 1 fully saturated rings. The summed E-state index contributed by atoms with van der Waals surface area (Å²) in [6, 6.07) is 0. The Labute approximate surface area is 91.9 Å². The van der Waals surface area contributed by atoms with Gasteiger partial charge in [-0.2, -0.15) is 0 Å². The number of rotatable bonds is 4. The van der Waals surface area contributed by atoms with Crippen molar-refractivity contribution in [1.29, 1.82) is 0 Å². The lowest BCUT2D eigenvalue weighted by atomic mass is 9.90. The summed E-state index contributed by atoms with van der Waals surface area (Å²) in [7, 11) is 0. The van der Waals surface area contributed by atoms with Crippen molar-refractivity contribution in [3.8, 4) is 0 Å². The molecule has 0 spiro atoms. The maximum Gasteiger partial charge on any atom is 0.287 e. The van der Waals surface area contributed by atoms with Gasteiger partial charge in [0.1, 0.15) is 6.61 Å². The highest BCUT2D eigenvalue weighted by molar-refractivity contribution is 5.86. The molecule has 1 amide bonds. The van der Waals surface area contributed by atoms with E-state index >= 15 is 0 Å². The van der Waals surface area contributed by atoms with Gasteiger partial charge in [0.15, 0.2) is 0 Å². The Balaban J connectivity index is 2.45. The molecule has 94 valence electrons. The molecule has 0 radical (unpaired) electrons. The van der Waals surface area contributed by atoms with E-state index in [9.17, 15) is 13.6 Å². The lowest BCUT2D eigenvalue weighted by Crippen LogP contribution is -2.58. The van der Waals surface area contributed by atoms with Crippen LogP contribution in [0.5, 0.6) is 0 Å². The highest BCUT2D eigenvalue weighted by Crippen LogP contribution is 2.18. The van der Waals surface area contributed by atoms with Crippen LogP contribution in [-0.4, -0.2) is 48.8 Å². The number of alkyl halides is 2. The molecule has 0 unspecified atom stereocenters. The summed E-state index contributed by atoms with van der Waals surface area (Å²) < 4.78 is 30.4. The SMILES string of the molecule is NC1(C(=O)NCC(F)(F)CO)CCOCC1. The van der Waals surface area contributed by atoms with Crippen molar-refractivity contribution < 1.29 is 23.4 Å². The van der Waals surface area contributed by atoms with Crippen molar-refractivity contribution >= 4 is 5.91 Å². The Morgan fingerprint density at radius 1 is 1.50 bits per heavy atom. The molecule has 5 nitrogen and oxygen atoms in total. The van der Waals surface area contributed by atoms with Gasteiger partial charge in [-0.1, -0.05) is 0 Å². The van der Waals surface area contributed by atoms with Crippen molar-refractivity contribution in [2.24, 2.45) is 5.73 Å². The van der Waals surface area contributed by atoms with Crippen LogP contribution in [0.3, 0.4) is 0 Å². The molecular weight excluding hydrogens is 222 g/mol. The lowest BCUT2D eigenvalue weighted by molar-refractivity contribution is -0.132. The van der Waals surface area contributed by atoms with E-state index < -0.39 is 30.5 Å². The Morgan fingerprint density at radius 3 is 2.56 bits per heavy atom. The first-order valence-corrected chi connectivity index (χ1v) is 5.03. The molecule has 0 atom stereocenters. The normalized spacial score (nSPS) is 20.5. The standard InChI is InChI=1S/C9H16F2N2O3/c10-9(11,6-14)5-13-7(15)8(12)1-3-16-4-2-8/h14H,1-6,12H2,(H,13,15). The zero-order valence-corrected chi connectivity index (χ0v) is 8.84. The molecular formula is C9H16F2N2O3. The second-order valence-corrected chi connectivity index (χ2v) is 3.97. The third-order valence-corrected chi connectivity index (χ3v) is 2.58. The molecule has 0 aromatic carbocycles. The first kappa shape index (κ1) is 13.3. The van der Waals surface area contributed by atoms with E-state index in [1.165, 1.54) is 0 Å². The number of hydrogen-bond acceptors (Lipinski definition) is 4. The second-order valence-electron chi connectivity index (χ2n) is 3.97. The van der Waals surface area contributed by atoms with Crippen LogP contribution in [0.4, 0.5) is 8.78 Å². The van der Waals surface area contributed by atoms with Crippen LogP contribution in [0.15, 0.2) is 0 Å². The fraction of sp³-hybridized carbons (Fsp3) is 0.889. The monoisotopic (exact) mass is 238 g/mol. The van der Waals surface area contributed by atoms with E-state index in [2.05, 4.69) is 5.32 Å². The fourth-order valence-electron chi connectivity index (χ4n) is 1.40. The van der Waals surface area contributed by atoms with Crippen LogP contribution >= 0.6 is 0 Å². The third-order valence-electron chi connectivity index (χ3n) is 2.58. The first-order valence-electron chi connectivity index (χ1n) is 5.03. The molecule has 1 aliphatic heterocycles. The molecule has 0 aromatic rings. The average Bonchev–Trinajstić information content (AvgIpc) is 2.27. The summed E-state index contributed by atoms with van der Waals surface area (Å²) in [5.74, 6) is -3.93. The number of amides is 1. The maximum atomic E-state index is 12.7. The number of halogens is 2. The quantitative estimate of drug-likeness (QED) is 0.601. The van der Waals surface area contributed by atoms with Crippen molar-refractivity contribution in [3.63, 3.8) is 0 Å². The van der Waals surface area contributed by atoms with Crippen LogP contribution in [0.2, 0.25) is 0 Å². The highest BCUT2D eigenvalue weighted by atomic mass is 19.3. The van der Waals surface area contributed by atoms with E-state index in [1.54, 1.807) is 0 Å². The molecule has 1 aliphatic rings. The molecule has 0 saturated carbocycles. The first-order chi connectivity index (χ1) is 7.40. The van der Waals surface area contributed by atoms with Gasteiger partial charge in [0.2, 0.25) is 5.91 Å². The lowest BCUT2D eigenvalue weighted by Gasteiger charge is -2.32. The number of hydrogen-bond donors (Lipinski definition) is 3. The van der Waals surface area contributed by atoms with Crippen LogP contribution < -0.4 is 11.1 Å². The molecule has 0 aliphatic carbocycles. The number of carbonyl (C=O) groups is 1. The summed E-state index contributed by atoms with van der Waals surface area (Å²) >= 11 is 0. The molecule has 0 aromatic heterocycles. The smallest absolute Gasteiger partial charge is 0.287 e. The summed E-state index contributed by atoms with van der Waals surface area (Å²) in [6.45, 7) is -1.50. The van der Waals surface area contributed by atoms with E-state index in [0.717, 1.165) is 0 Å². The zero-order valence-electron chi connectivity index (χ0n) is 8.84. The second kappa shape index (κ2) is 5.03. The number of nitrogens with one attached hydrogen (secondary N) is 1. The van der Waals surface area contributed by atoms with Crippen LogP contribution in [-0.2, 0) is 9.53 Å². The van der Waals surface area contributed by atoms with Gasteiger partial charge in [-0.3, -0.25) is 4.79 Å². The number of aliphatic hydroxyl groups excluding tert-OH is 1. The molecule has 1 saturated heterocycles. The molecule has 1 heterocycles. The van der Waals surface area contributed by atoms with Crippen LogP contribution in [0.25, 0.3) is 0 Å². The van der Waals surface area contributed by atoms with Gasteiger partial charge in [0.25, 0.3) is 5.92 Å². The van der Waals surface area contributed by atoms with E-state index in [0.29, 0.717) is 26.1 Å². The van der Waals surface area contributed by atoms with Gasteiger partial charge in [0.05, 0.1) is 12.1 Å². The predicted molar refractivity (Wildman–Crippen MR) is 52.0 cm³/mol. The van der Waals surface area contributed by atoms with Gasteiger partial charge in [-0.25, -0.2) is 8.78 Å². The Kier molecular flexibility index (Phi) is 4.17. The average molecular weight is 238 g/mol. The number of nitrogens with two attached hydrogens (primary N) is 1. The predicted octanol–water partition coefficient (Wildman–Crippen LogP) is -0.762. The van der Waals surface area contributed by atoms with E-state index in [-0.39, 0.29) is 0 Å². The van der Waals surface area contributed by atoms with Crippen molar-refractivity contribution in [1.82, 2.24) is 5.32 Å². The van der Waals surface area contributed by atoms with E-state index in [1.807, 2.05) is 0 Å². The fourth-order valence-corrected chi connectivity index (χ4v) is 1.40. The van der Waals surface area contributed by atoms with Crippen molar-refractivity contribution in [2.45, 2.75) is 24.3 Å². The summed E-state index contributed by atoms with van der Waals surface area (Å²) in [5, 5.41) is 10.4. The van der Waals surface area contributed by atoms with Gasteiger partial charge >= 0.3 is 0 Å². The van der Waals surface area contributed by atoms with Crippen LogP contribution in [0, 0.1) is 0 Å². The molecule has 0 bridgehead atoms. The van der Waals surface area contributed by atoms with Crippen LogP contribution in [0.1, 0.15) is 12.8 Å². The highest BCUT2D eigenvalue weighted by Gasteiger charge is 2.37. The topological polar surface area (TPSA) is 84.6 Å². The minimum Gasteiger partial charge on any atom is -0.390 e. The van der Waals surface area contributed by atoms with Gasteiger partial charge in [-0.05, 0) is 12.8 Å². The maximum absolute atomic E-state index is 12.7. The summed E-state index contributed by atoms with van der Waals surface area (Å²) in [5.41, 5.74) is 4.64. The Morgan fingerprint density at radius 2 is 2.06 bits per heavy atom. The van der Waals surface area contributed by atoms with E-state index in [4.69, 9.17) is 15.6 Å². The zero-order chi connectivity index (χ0) is 12.2. The van der Waals surface area contributed by atoms with Gasteiger partial charge in [-0.15, -0.1) is 0 Å². The number of ether oxygens (including phenoxy) is 1. The minimum atomic E-state index is -3.31. The molecule has 4 N–H and O–H groups in total. The van der Waals surface area contributed by atoms with Crippen molar-refractivity contribution in [2.75, 3.05) is 26.4 Å². The summed E-state index contributed by atoms with van der Waals surface area (Å²) in [4.78, 5) is 11.6.